The summed E-state index contributed by atoms with van der Waals surface area (Å²) in [6, 6.07) is 2.10. The van der Waals surface area contributed by atoms with E-state index in [1.54, 1.807) is 0 Å². The van der Waals surface area contributed by atoms with E-state index in [1.807, 2.05) is 19.9 Å². The van der Waals surface area contributed by atoms with Crippen molar-refractivity contribution in [1.82, 2.24) is 4.98 Å². The number of aromatic amines is 1. The number of H-pyrrole nitrogens is 1. The summed E-state index contributed by atoms with van der Waals surface area (Å²) in [7, 11) is 0. The number of aliphatic imine (C=N–C) groups is 1. The van der Waals surface area contributed by atoms with Gasteiger partial charge in [0.25, 0.3) is 5.56 Å². The number of nitrogens with zero attached hydrogens (tertiary/aromatic N) is 3. The summed E-state index contributed by atoms with van der Waals surface area (Å²) >= 11 is 0. The molecule has 0 atom stereocenters. The molecule has 23 heavy (non-hydrogen) atoms. The van der Waals surface area contributed by atoms with E-state index in [1.165, 1.54) is 12.8 Å². The molecule has 0 aromatic carbocycles. The van der Waals surface area contributed by atoms with Gasteiger partial charge in [-0.15, -0.1) is 0 Å². The Morgan fingerprint density at radius 1 is 1.39 bits per heavy atom. The molecule has 1 aromatic heterocycles. The summed E-state index contributed by atoms with van der Waals surface area (Å²) in [5.41, 5.74) is 3.59. The molecule has 0 unspecified atom stereocenters. The maximum Gasteiger partial charge on any atom is 0.268 e. The van der Waals surface area contributed by atoms with Gasteiger partial charge in [-0.2, -0.15) is 5.26 Å². The normalized spacial score (nSPS) is 19.5. The van der Waals surface area contributed by atoms with E-state index in [0.717, 1.165) is 48.6 Å². The number of hydrogen-bond donors (Lipinski definition) is 1. The molecule has 1 saturated carbocycles. The van der Waals surface area contributed by atoms with Gasteiger partial charge < -0.3 is 9.88 Å². The molecule has 1 aliphatic heterocycles. The van der Waals surface area contributed by atoms with Gasteiger partial charge in [-0.3, -0.25) is 9.79 Å². The summed E-state index contributed by atoms with van der Waals surface area (Å²) in [6.07, 6.45) is 6.84. The van der Waals surface area contributed by atoms with E-state index in [-0.39, 0.29) is 11.1 Å². The largest absolute Gasteiger partial charge is 0.370 e. The second-order valence-corrected chi connectivity index (χ2v) is 6.76. The summed E-state index contributed by atoms with van der Waals surface area (Å²) in [5, 5.41) is 9.50. The van der Waals surface area contributed by atoms with Crippen LogP contribution in [-0.4, -0.2) is 24.8 Å². The standard InChI is InChI=1S/C18H22N4O/c1-12(20-3)10-14-13(2)21-17(23)15(11-19)16(14)22-8-6-18(4-5-18)7-9-22/h10H,3-9H2,1-2H3,(H,21,23)/b12-10-. The number of nitrogens with one attached hydrogen (secondary N) is 1. The number of pyridine rings is 1. The Bertz CT molecular complexity index is 767. The lowest BCUT2D eigenvalue weighted by Gasteiger charge is -2.35. The van der Waals surface area contributed by atoms with E-state index in [9.17, 15) is 10.1 Å². The van der Waals surface area contributed by atoms with Crippen molar-refractivity contribution >= 4 is 18.5 Å². The Labute approximate surface area is 136 Å². The molecule has 1 aromatic rings. The van der Waals surface area contributed by atoms with Crippen LogP contribution in [0.25, 0.3) is 6.08 Å². The summed E-state index contributed by atoms with van der Waals surface area (Å²) in [5.74, 6) is 0. The molecule has 0 radical (unpaired) electrons. The molecule has 2 aliphatic rings. The Morgan fingerprint density at radius 2 is 2.04 bits per heavy atom. The quantitative estimate of drug-likeness (QED) is 0.872. The van der Waals surface area contributed by atoms with Crippen LogP contribution < -0.4 is 10.5 Å². The highest BCUT2D eigenvalue weighted by molar-refractivity contribution is 5.76. The van der Waals surface area contributed by atoms with E-state index < -0.39 is 0 Å². The van der Waals surface area contributed by atoms with Gasteiger partial charge in [-0.05, 0) is 57.7 Å². The number of aromatic nitrogens is 1. The molecule has 1 N–H and O–H groups in total. The number of aryl methyl sites for hydroxylation is 1. The van der Waals surface area contributed by atoms with Crippen LogP contribution in [0, 0.1) is 23.7 Å². The van der Waals surface area contributed by atoms with Crippen LogP contribution in [0.3, 0.4) is 0 Å². The first-order valence-electron chi connectivity index (χ1n) is 8.07. The maximum absolute atomic E-state index is 12.2. The van der Waals surface area contributed by atoms with Crippen LogP contribution in [0.5, 0.6) is 0 Å². The van der Waals surface area contributed by atoms with E-state index >= 15 is 0 Å². The number of allylic oxidation sites excluding steroid dienone is 1. The summed E-state index contributed by atoms with van der Waals surface area (Å²) < 4.78 is 0. The van der Waals surface area contributed by atoms with Gasteiger partial charge in [0, 0.05) is 30.0 Å². The van der Waals surface area contributed by atoms with Gasteiger partial charge in [-0.25, -0.2) is 0 Å². The van der Waals surface area contributed by atoms with Gasteiger partial charge in [0.1, 0.15) is 11.6 Å². The predicted molar refractivity (Wildman–Crippen MR) is 92.8 cm³/mol. The third-order valence-corrected chi connectivity index (χ3v) is 5.24. The fraction of sp³-hybridized carbons (Fsp3) is 0.500. The third-order valence-electron chi connectivity index (χ3n) is 5.24. The summed E-state index contributed by atoms with van der Waals surface area (Å²) in [6.45, 7) is 9.08. The highest BCUT2D eigenvalue weighted by Gasteiger charge is 2.44. The zero-order valence-electron chi connectivity index (χ0n) is 13.8. The fourth-order valence-electron chi connectivity index (χ4n) is 3.46. The predicted octanol–water partition coefficient (Wildman–Crippen LogP) is 3.00. The first-order chi connectivity index (χ1) is 11.0. The average Bonchev–Trinajstić information content (AvgIpc) is 3.29. The number of piperidine rings is 1. The molecule has 2 heterocycles. The zero-order valence-corrected chi connectivity index (χ0v) is 13.8. The minimum absolute atomic E-state index is 0.199. The van der Waals surface area contributed by atoms with Gasteiger partial charge in [0.15, 0.2) is 0 Å². The van der Waals surface area contributed by atoms with Crippen molar-refractivity contribution in [3.63, 3.8) is 0 Å². The lowest BCUT2D eigenvalue weighted by Crippen LogP contribution is -2.36. The van der Waals surface area contributed by atoms with Crippen LogP contribution in [0.15, 0.2) is 15.5 Å². The molecule has 3 rings (SSSR count). The van der Waals surface area contributed by atoms with Gasteiger partial charge >= 0.3 is 0 Å². The molecule has 5 nitrogen and oxygen atoms in total. The fourth-order valence-corrected chi connectivity index (χ4v) is 3.46. The molecule has 0 amide bonds. The number of rotatable bonds is 3. The molecular weight excluding hydrogens is 288 g/mol. The average molecular weight is 310 g/mol. The number of nitriles is 1. The van der Waals surface area contributed by atoms with E-state index in [2.05, 4.69) is 27.7 Å². The van der Waals surface area contributed by atoms with Gasteiger partial charge in [0.05, 0.1) is 5.69 Å². The number of hydrogen-bond acceptors (Lipinski definition) is 4. The monoisotopic (exact) mass is 310 g/mol. The van der Waals surface area contributed by atoms with Crippen molar-refractivity contribution in [1.29, 1.82) is 5.26 Å². The van der Waals surface area contributed by atoms with Crippen molar-refractivity contribution in [2.75, 3.05) is 18.0 Å². The smallest absolute Gasteiger partial charge is 0.268 e. The zero-order chi connectivity index (χ0) is 16.6. The molecule has 1 saturated heterocycles. The van der Waals surface area contributed by atoms with Crippen molar-refractivity contribution in [3.05, 3.63) is 32.9 Å². The molecule has 1 spiro atoms. The van der Waals surface area contributed by atoms with E-state index in [4.69, 9.17) is 0 Å². The minimum atomic E-state index is -0.312. The Balaban J connectivity index is 2.10. The van der Waals surface area contributed by atoms with Crippen LogP contribution in [0.1, 0.15) is 49.4 Å². The molecule has 2 fully saturated rings. The Kier molecular flexibility index (Phi) is 3.85. The van der Waals surface area contributed by atoms with Crippen molar-refractivity contribution in [2.45, 2.75) is 39.5 Å². The second kappa shape index (κ2) is 5.69. The van der Waals surface area contributed by atoms with Crippen LogP contribution in [0.2, 0.25) is 0 Å². The topological polar surface area (TPSA) is 72.2 Å². The van der Waals surface area contributed by atoms with Crippen molar-refractivity contribution in [2.24, 2.45) is 10.4 Å². The molecule has 5 heteroatoms. The Hall–Kier alpha value is -2.35. The lowest BCUT2D eigenvalue weighted by molar-refractivity contribution is 0.384. The third kappa shape index (κ3) is 2.81. The van der Waals surface area contributed by atoms with Crippen LogP contribution in [-0.2, 0) is 0 Å². The van der Waals surface area contributed by atoms with Crippen molar-refractivity contribution in [3.8, 4) is 6.07 Å². The Morgan fingerprint density at radius 3 is 2.57 bits per heavy atom. The highest BCUT2D eigenvalue weighted by Crippen LogP contribution is 2.54. The lowest BCUT2D eigenvalue weighted by atomic mass is 9.92. The first kappa shape index (κ1) is 15.5. The highest BCUT2D eigenvalue weighted by atomic mass is 16.1. The molecule has 1 aliphatic carbocycles. The van der Waals surface area contributed by atoms with Gasteiger partial charge in [-0.1, -0.05) is 0 Å². The SMILES string of the molecule is C=N/C(C)=C\c1c(C)[nH]c(=O)c(C#N)c1N1CCC2(CC1)CC2. The first-order valence-corrected chi connectivity index (χ1v) is 8.07. The van der Waals surface area contributed by atoms with Crippen LogP contribution in [0.4, 0.5) is 5.69 Å². The second-order valence-electron chi connectivity index (χ2n) is 6.76. The van der Waals surface area contributed by atoms with Crippen LogP contribution >= 0.6 is 0 Å². The summed E-state index contributed by atoms with van der Waals surface area (Å²) in [4.78, 5) is 21.1. The van der Waals surface area contributed by atoms with Gasteiger partial charge in [0.2, 0.25) is 0 Å². The van der Waals surface area contributed by atoms with Crippen molar-refractivity contribution < 1.29 is 0 Å². The molecular formula is C18H22N4O. The molecule has 0 bridgehead atoms. The number of anilines is 1. The maximum atomic E-state index is 12.2. The minimum Gasteiger partial charge on any atom is -0.370 e. The molecule has 120 valence electrons. The van der Waals surface area contributed by atoms with E-state index in [0.29, 0.717) is 5.41 Å².